The first-order chi connectivity index (χ1) is 13.9. The lowest BCUT2D eigenvalue weighted by Crippen LogP contribution is -2.32. The Hall–Kier alpha value is -4.08. The number of nitrogens with two attached hydrogens (primary N) is 1. The zero-order valence-corrected chi connectivity index (χ0v) is 15.8. The third kappa shape index (κ3) is 6.54. The number of carbonyl (C=O) groups is 3. The Kier molecular flexibility index (Phi) is 7.54. The Labute approximate surface area is 166 Å². The Balaban J connectivity index is 1.92. The highest BCUT2D eigenvalue weighted by molar-refractivity contribution is 6.39. The van der Waals surface area contributed by atoms with Crippen LogP contribution in [-0.2, 0) is 14.4 Å². The second kappa shape index (κ2) is 10.3. The molecule has 10 nitrogen and oxygen atoms in total. The number of nitrogens with zero attached hydrogens (tertiary/aromatic N) is 1. The summed E-state index contributed by atoms with van der Waals surface area (Å²) in [4.78, 5) is 34.5. The lowest BCUT2D eigenvalue weighted by atomic mass is 10.2. The number of methoxy groups -OCH3 is 2. The predicted octanol–water partition coefficient (Wildman–Crippen LogP) is 0.657. The summed E-state index contributed by atoms with van der Waals surface area (Å²) in [5.74, 6) is -1.14. The molecule has 29 heavy (non-hydrogen) atoms. The fourth-order valence-corrected chi connectivity index (χ4v) is 2.11. The van der Waals surface area contributed by atoms with E-state index in [1.807, 2.05) is 0 Å². The number of amides is 3. The average molecular weight is 400 g/mol. The maximum absolute atomic E-state index is 11.9. The highest BCUT2D eigenvalue weighted by Gasteiger charge is 2.13. The van der Waals surface area contributed by atoms with Gasteiger partial charge in [0.1, 0.15) is 5.75 Å². The quantitative estimate of drug-likeness (QED) is 0.338. The fraction of sp³-hybridized carbons (Fsp3) is 0.158. The number of primary amides is 1. The molecule has 0 aliphatic carbocycles. The van der Waals surface area contributed by atoms with Crippen molar-refractivity contribution in [2.75, 3.05) is 26.1 Å². The van der Waals surface area contributed by atoms with Gasteiger partial charge in [-0.05, 0) is 48.0 Å². The number of anilines is 1. The standard InChI is InChI=1S/C19H20N4O6/c1-27-14-6-4-13(5-7-14)22-18(25)19(26)23-21-10-12-3-8-15(16(9-12)28-2)29-11-17(20)24/h3-10H,11H2,1-2H3,(H2,20,24)(H,22,25)(H,23,26)/b21-10-. The van der Waals surface area contributed by atoms with Crippen LogP contribution in [0.1, 0.15) is 5.56 Å². The predicted molar refractivity (Wildman–Crippen MR) is 105 cm³/mol. The Bertz CT molecular complexity index is 911. The van der Waals surface area contributed by atoms with Gasteiger partial charge in [0.2, 0.25) is 0 Å². The summed E-state index contributed by atoms with van der Waals surface area (Å²) in [6.45, 7) is -0.289. The van der Waals surface area contributed by atoms with Crippen LogP contribution in [0, 0.1) is 0 Å². The lowest BCUT2D eigenvalue weighted by Gasteiger charge is -2.09. The second-order valence-corrected chi connectivity index (χ2v) is 5.55. The maximum atomic E-state index is 11.9. The molecule has 2 aromatic carbocycles. The molecule has 0 saturated heterocycles. The molecule has 0 atom stereocenters. The minimum Gasteiger partial charge on any atom is -0.497 e. The molecule has 2 rings (SSSR count). The van der Waals surface area contributed by atoms with E-state index < -0.39 is 17.7 Å². The van der Waals surface area contributed by atoms with E-state index in [0.29, 0.717) is 28.5 Å². The summed E-state index contributed by atoms with van der Waals surface area (Å²) in [5, 5.41) is 6.17. The molecule has 0 saturated carbocycles. The summed E-state index contributed by atoms with van der Waals surface area (Å²) in [6, 6.07) is 11.2. The zero-order valence-electron chi connectivity index (χ0n) is 15.8. The number of hydrogen-bond acceptors (Lipinski definition) is 7. The SMILES string of the molecule is COc1ccc(NC(=O)C(=O)N/N=C\c2ccc(OCC(N)=O)c(OC)c2)cc1. The largest absolute Gasteiger partial charge is 0.497 e. The van der Waals surface area contributed by atoms with E-state index in [2.05, 4.69) is 15.8 Å². The summed E-state index contributed by atoms with van der Waals surface area (Å²) < 4.78 is 15.4. The molecule has 0 spiro atoms. The molecule has 4 N–H and O–H groups in total. The molecule has 152 valence electrons. The van der Waals surface area contributed by atoms with Gasteiger partial charge in [0.25, 0.3) is 5.91 Å². The van der Waals surface area contributed by atoms with Gasteiger partial charge in [0.05, 0.1) is 20.4 Å². The highest BCUT2D eigenvalue weighted by atomic mass is 16.5. The van der Waals surface area contributed by atoms with Crippen molar-refractivity contribution in [2.45, 2.75) is 0 Å². The van der Waals surface area contributed by atoms with Crippen molar-refractivity contribution in [3.63, 3.8) is 0 Å². The van der Waals surface area contributed by atoms with Crippen LogP contribution in [0.4, 0.5) is 5.69 Å². The van der Waals surface area contributed by atoms with Crippen LogP contribution in [0.2, 0.25) is 0 Å². The number of benzene rings is 2. The van der Waals surface area contributed by atoms with E-state index >= 15 is 0 Å². The summed E-state index contributed by atoms with van der Waals surface area (Å²) >= 11 is 0. The molecule has 0 aliphatic heterocycles. The van der Waals surface area contributed by atoms with Crippen molar-refractivity contribution in [3.05, 3.63) is 48.0 Å². The van der Waals surface area contributed by atoms with Crippen LogP contribution in [-0.4, -0.2) is 44.8 Å². The molecule has 0 aromatic heterocycles. The van der Waals surface area contributed by atoms with Crippen molar-refractivity contribution < 1.29 is 28.6 Å². The summed E-state index contributed by atoms with van der Waals surface area (Å²) in [5.41, 5.74) is 8.16. The number of hydrogen-bond donors (Lipinski definition) is 3. The summed E-state index contributed by atoms with van der Waals surface area (Å²) in [7, 11) is 2.95. The number of carbonyl (C=O) groups excluding carboxylic acids is 3. The van der Waals surface area contributed by atoms with Gasteiger partial charge < -0.3 is 25.3 Å². The van der Waals surface area contributed by atoms with E-state index in [1.54, 1.807) is 42.5 Å². The van der Waals surface area contributed by atoms with Gasteiger partial charge in [0.15, 0.2) is 18.1 Å². The second-order valence-electron chi connectivity index (χ2n) is 5.55. The topological polar surface area (TPSA) is 141 Å². The van der Waals surface area contributed by atoms with Crippen molar-refractivity contribution in [2.24, 2.45) is 10.8 Å². The highest BCUT2D eigenvalue weighted by Crippen LogP contribution is 2.27. The maximum Gasteiger partial charge on any atom is 0.329 e. The third-order valence-corrected chi connectivity index (χ3v) is 3.49. The number of ether oxygens (including phenoxy) is 3. The van der Waals surface area contributed by atoms with E-state index in [9.17, 15) is 14.4 Å². The van der Waals surface area contributed by atoms with Crippen molar-refractivity contribution in [3.8, 4) is 17.2 Å². The molecule has 0 fully saturated rings. The normalized spacial score (nSPS) is 10.3. The van der Waals surface area contributed by atoms with E-state index in [1.165, 1.54) is 20.4 Å². The van der Waals surface area contributed by atoms with Crippen LogP contribution in [0.25, 0.3) is 0 Å². The molecular formula is C19H20N4O6. The summed E-state index contributed by atoms with van der Waals surface area (Å²) in [6.07, 6.45) is 1.32. The Morgan fingerprint density at radius 1 is 1.00 bits per heavy atom. The van der Waals surface area contributed by atoms with Gasteiger partial charge in [0, 0.05) is 5.69 Å². The van der Waals surface area contributed by atoms with Gasteiger partial charge in [-0.2, -0.15) is 5.10 Å². The first-order valence-corrected chi connectivity index (χ1v) is 8.30. The number of rotatable bonds is 8. The van der Waals surface area contributed by atoms with Crippen molar-refractivity contribution in [1.29, 1.82) is 0 Å². The van der Waals surface area contributed by atoms with Crippen LogP contribution in [0.3, 0.4) is 0 Å². The Morgan fingerprint density at radius 2 is 1.72 bits per heavy atom. The molecule has 0 unspecified atom stereocenters. The molecule has 10 heteroatoms. The lowest BCUT2D eigenvalue weighted by molar-refractivity contribution is -0.136. The molecule has 0 radical (unpaired) electrons. The van der Waals surface area contributed by atoms with Crippen LogP contribution in [0.15, 0.2) is 47.6 Å². The van der Waals surface area contributed by atoms with Crippen LogP contribution in [0.5, 0.6) is 17.2 Å². The molecule has 0 heterocycles. The zero-order chi connectivity index (χ0) is 21.2. The van der Waals surface area contributed by atoms with Crippen molar-refractivity contribution in [1.82, 2.24) is 5.43 Å². The smallest absolute Gasteiger partial charge is 0.329 e. The molecule has 0 aliphatic rings. The van der Waals surface area contributed by atoms with Gasteiger partial charge in [-0.1, -0.05) is 0 Å². The fourth-order valence-electron chi connectivity index (χ4n) is 2.11. The molecular weight excluding hydrogens is 380 g/mol. The first kappa shape index (κ1) is 21.2. The third-order valence-electron chi connectivity index (χ3n) is 3.49. The average Bonchev–Trinajstić information content (AvgIpc) is 2.72. The van der Waals surface area contributed by atoms with Gasteiger partial charge in [-0.3, -0.25) is 14.4 Å². The molecule has 3 amide bonds. The van der Waals surface area contributed by atoms with Crippen LogP contribution >= 0.6 is 0 Å². The number of nitrogens with one attached hydrogen (secondary N) is 2. The minimum absolute atomic E-state index is 0.289. The van der Waals surface area contributed by atoms with E-state index in [-0.39, 0.29) is 6.61 Å². The monoisotopic (exact) mass is 400 g/mol. The van der Waals surface area contributed by atoms with Crippen molar-refractivity contribution >= 4 is 29.6 Å². The molecule has 2 aromatic rings. The van der Waals surface area contributed by atoms with E-state index in [4.69, 9.17) is 19.9 Å². The number of hydrazone groups is 1. The van der Waals surface area contributed by atoms with Gasteiger partial charge in [-0.15, -0.1) is 0 Å². The Morgan fingerprint density at radius 3 is 2.34 bits per heavy atom. The van der Waals surface area contributed by atoms with E-state index in [0.717, 1.165) is 0 Å². The molecule has 0 bridgehead atoms. The van der Waals surface area contributed by atoms with Gasteiger partial charge >= 0.3 is 11.8 Å². The van der Waals surface area contributed by atoms with Crippen LogP contribution < -0.4 is 30.7 Å². The first-order valence-electron chi connectivity index (χ1n) is 8.30. The minimum atomic E-state index is -0.939. The van der Waals surface area contributed by atoms with Gasteiger partial charge in [-0.25, -0.2) is 5.43 Å².